The highest BCUT2D eigenvalue weighted by Gasteiger charge is 2.25. The largest absolute Gasteiger partial charge is 0.368 e. The van der Waals surface area contributed by atoms with E-state index in [0.717, 1.165) is 0 Å². The summed E-state index contributed by atoms with van der Waals surface area (Å²) in [5, 5.41) is 5.16. The summed E-state index contributed by atoms with van der Waals surface area (Å²) >= 11 is 0. The van der Waals surface area contributed by atoms with Crippen LogP contribution in [0, 0.1) is 5.92 Å². The van der Waals surface area contributed by atoms with Gasteiger partial charge in [0.05, 0.1) is 0 Å². The van der Waals surface area contributed by atoms with Crippen molar-refractivity contribution in [1.29, 1.82) is 0 Å². The molecule has 0 aromatic rings. The number of carbonyl (C=O) groups excluding carboxylic acids is 3. The van der Waals surface area contributed by atoms with E-state index in [1.54, 1.807) is 0 Å². The van der Waals surface area contributed by atoms with Crippen molar-refractivity contribution in [1.82, 2.24) is 10.6 Å². The van der Waals surface area contributed by atoms with Gasteiger partial charge in [-0.15, -0.1) is 0 Å². The molecule has 2 atom stereocenters. The van der Waals surface area contributed by atoms with Crippen molar-refractivity contribution in [3.05, 3.63) is 0 Å². The van der Waals surface area contributed by atoms with Crippen molar-refractivity contribution in [3.63, 3.8) is 0 Å². The summed E-state index contributed by atoms with van der Waals surface area (Å²) in [6, 6.07) is -1.42. The Morgan fingerprint density at radius 2 is 1.70 bits per heavy atom. The molecule has 0 heterocycles. The molecule has 7 nitrogen and oxygen atoms in total. The lowest BCUT2D eigenvalue weighted by molar-refractivity contribution is -0.131. The molecule has 0 fully saturated rings. The monoisotopic (exact) mass is 286 g/mol. The van der Waals surface area contributed by atoms with Gasteiger partial charge in [0.1, 0.15) is 12.1 Å². The molecule has 0 aliphatic heterocycles. The smallest absolute Gasteiger partial charge is 0.243 e. The SMILES string of the molecule is CC(=O)N[C@@H](CC(C)C)C(=O)N[C@@H](CCCN)C(N)=O. The third-order valence-corrected chi connectivity index (χ3v) is 2.76. The summed E-state index contributed by atoms with van der Waals surface area (Å²) in [5.74, 6) is -1.05. The first-order valence-electron chi connectivity index (χ1n) is 6.84. The molecule has 0 spiro atoms. The zero-order chi connectivity index (χ0) is 15.7. The molecule has 0 aromatic carbocycles. The zero-order valence-electron chi connectivity index (χ0n) is 12.4. The lowest BCUT2D eigenvalue weighted by Crippen LogP contribution is -2.53. The predicted molar refractivity (Wildman–Crippen MR) is 76.5 cm³/mol. The van der Waals surface area contributed by atoms with Gasteiger partial charge in [0.2, 0.25) is 17.7 Å². The van der Waals surface area contributed by atoms with Gasteiger partial charge in [0.15, 0.2) is 0 Å². The maximum absolute atomic E-state index is 12.1. The molecule has 0 saturated heterocycles. The zero-order valence-corrected chi connectivity index (χ0v) is 12.4. The molecule has 116 valence electrons. The van der Waals surface area contributed by atoms with E-state index in [1.165, 1.54) is 6.92 Å². The minimum absolute atomic E-state index is 0.230. The summed E-state index contributed by atoms with van der Waals surface area (Å²) in [5.41, 5.74) is 10.6. The molecule has 0 rings (SSSR count). The van der Waals surface area contributed by atoms with Gasteiger partial charge < -0.3 is 22.1 Å². The van der Waals surface area contributed by atoms with E-state index in [4.69, 9.17) is 11.5 Å². The number of nitrogens with two attached hydrogens (primary N) is 2. The van der Waals surface area contributed by atoms with Crippen LogP contribution in [0.4, 0.5) is 0 Å². The maximum atomic E-state index is 12.1. The second-order valence-corrected chi connectivity index (χ2v) is 5.28. The number of nitrogens with one attached hydrogen (secondary N) is 2. The van der Waals surface area contributed by atoms with Crippen molar-refractivity contribution in [3.8, 4) is 0 Å². The minimum atomic E-state index is -0.755. The first-order valence-corrected chi connectivity index (χ1v) is 6.84. The van der Waals surface area contributed by atoms with Crippen molar-refractivity contribution < 1.29 is 14.4 Å². The second kappa shape index (κ2) is 9.30. The standard InChI is InChI=1S/C13H26N4O3/c1-8(2)7-11(16-9(3)18)13(20)17-10(12(15)19)5-4-6-14/h8,10-11H,4-7,14H2,1-3H3,(H2,15,19)(H,16,18)(H,17,20)/t10-,11-/m0/s1. The molecule has 0 radical (unpaired) electrons. The van der Waals surface area contributed by atoms with E-state index in [-0.39, 0.29) is 11.8 Å². The van der Waals surface area contributed by atoms with Gasteiger partial charge in [-0.1, -0.05) is 13.8 Å². The number of rotatable bonds is 9. The number of carbonyl (C=O) groups is 3. The van der Waals surface area contributed by atoms with E-state index < -0.39 is 23.9 Å². The van der Waals surface area contributed by atoms with E-state index in [9.17, 15) is 14.4 Å². The summed E-state index contributed by atoms with van der Waals surface area (Å²) in [7, 11) is 0. The van der Waals surface area contributed by atoms with Gasteiger partial charge in [0, 0.05) is 6.92 Å². The molecule has 20 heavy (non-hydrogen) atoms. The number of primary amides is 1. The first kappa shape index (κ1) is 18.4. The Morgan fingerprint density at radius 1 is 1.10 bits per heavy atom. The summed E-state index contributed by atoms with van der Waals surface area (Å²) < 4.78 is 0. The fourth-order valence-corrected chi connectivity index (χ4v) is 1.83. The van der Waals surface area contributed by atoms with E-state index in [2.05, 4.69) is 10.6 Å². The highest BCUT2D eigenvalue weighted by Crippen LogP contribution is 2.06. The van der Waals surface area contributed by atoms with Crippen LogP contribution < -0.4 is 22.1 Å². The van der Waals surface area contributed by atoms with Crippen LogP contribution in [0.2, 0.25) is 0 Å². The highest BCUT2D eigenvalue weighted by molar-refractivity contribution is 5.91. The molecule has 6 N–H and O–H groups in total. The molecular formula is C13H26N4O3. The van der Waals surface area contributed by atoms with Gasteiger partial charge >= 0.3 is 0 Å². The van der Waals surface area contributed by atoms with Gasteiger partial charge in [-0.3, -0.25) is 14.4 Å². The number of hydrogen-bond acceptors (Lipinski definition) is 4. The molecule has 0 aliphatic rings. The first-order chi connectivity index (χ1) is 9.27. The van der Waals surface area contributed by atoms with E-state index in [0.29, 0.717) is 25.8 Å². The normalized spacial score (nSPS) is 13.7. The van der Waals surface area contributed by atoms with Crippen molar-refractivity contribution in [2.75, 3.05) is 6.54 Å². The van der Waals surface area contributed by atoms with E-state index >= 15 is 0 Å². The van der Waals surface area contributed by atoms with Crippen molar-refractivity contribution in [2.24, 2.45) is 17.4 Å². The second-order valence-electron chi connectivity index (χ2n) is 5.28. The third kappa shape index (κ3) is 7.73. The van der Waals surface area contributed by atoms with Crippen LogP contribution in [0.5, 0.6) is 0 Å². The quantitative estimate of drug-likeness (QED) is 0.444. The minimum Gasteiger partial charge on any atom is -0.368 e. The van der Waals surface area contributed by atoms with Crippen LogP contribution in [0.3, 0.4) is 0 Å². The Balaban J connectivity index is 4.68. The molecule has 0 aliphatic carbocycles. The Morgan fingerprint density at radius 3 is 2.10 bits per heavy atom. The predicted octanol–water partition coefficient (Wildman–Crippen LogP) is -0.754. The Kier molecular flexibility index (Phi) is 8.54. The average molecular weight is 286 g/mol. The molecule has 0 saturated carbocycles. The third-order valence-electron chi connectivity index (χ3n) is 2.76. The van der Waals surface area contributed by atoms with Crippen LogP contribution in [-0.2, 0) is 14.4 Å². The Labute approximate surface area is 119 Å². The van der Waals surface area contributed by atoms with E-state index in [1.807, 2.05) is 13.8 Å². The van der Waals surface area contributed by atoms with Crippen molar-refractivity contribution in [2.45, 2.75) is 52.1 Å². The van der Waals surface area contributed by atoms with Gasteiger partial charge in [-0.2, -0.15) is 0 Å². The van der Waals surface area contributed by atoms with Gasteiger partial charge in [0.25, 0.3) is 0 Å². The fraction of sp³-hybridized carbons (Fsp3) is 0.769. The molecular weight excluding hydrogens is 260 g/mol. The summed E-state index contributed by atoms with van der Waals surface area (Å²) in [6.45, 7) is 5.66. The molecule has 0 aromatic heterocycles. The van der Waals surface area contributed by atoms with Crippen LogP contribution >= 0.6 is 0 Å². The maximum Gasteiger partial charge on any atom is 0.243 e. The lowest BCUT2D eigenvalue weighted by Gasteiger charge is -2.22. The van der Waals surface area contributed by atoms with Crippen LogP contribution in [-0.4, -0.2) is 36.3 Å². The Bertz CT molecular complexity index is 345. The number of hydrogen-bond donors (Lipinski definition) is 4. The summed E-state index contributed by atoms with van der Waals surface area (Å²) in [6.07, 6.45) is 1.47. The number of amides is 3. The topological polar surface area (TPSA) is 127 Å². The molecule has 7 heteroatoms. The molecule has 0 bridgehead atoms. The van der Waals surface area contributed by atoms with Crippen LogP contribution in [0.15, 0.2) is 0 Å². The van der Waals surface area contributed by atoms with Gasteiger partial charge in [-0.25, -0.2) is 0 Å². The molecule has 3 amide bonds. The lowest BCUT2D eigenvalue weighted by atomic mass is 10.0. The fourth-order valence-electron chi connectivity index (χ4n) is 1.83. The average Bonchev–Trinajstić information content (AvgIpc) is 2.31. The molecule has 0 unspecified atom stereocenters. The van der Waals surface area contributed by atoms with Crippen molar-refractivity contribution >= 4 is 17.7 Å². The van der Waals surface area contributed by atoms with Crippen LogP contribution in [0.1, 0.15) is 40.0 Å². The van der Waals surface area contributed by atoms with Crippen LogP contribution in [0.25, 0.3) is 0 Å². The highest BCUT2D eigenvalue weighted by atomic mass is 16.2. The van der Waals surface area contributed by atoms with Gasteiger partial charge in [-0.05, 0) is 31.7 Å². The Hall–Kier alpha value is -1.63. The summed E-state index contributed by atoms with van der Waals surface area (Å²) in [4.78, 5) is 34.5.